The molecule has 0 radical (unpaired) electrons. The summed E-state index contributed by atoms with van der Waals surface area (Å²) in [6.07, 6.45) is 2.22. The molecule has 1 amide bonds. The Labute approximate surface area is 228 Å². The van der Waals surface area contributed by atoms with E-state index in [0.717, 1.165) is 22.2 Å². The maximum atomic E-state index is 13.8. The van der Waals surface area contributed by atoms with Crippen LogP contribution in [0.2, 0.25) is 5.02 Å². The topological polar surface area (TPSA) is 68.6 Å². The number of rotatable bonds is 2. The van der Waals surface area contributed by atoms with Gasteiger partial charge in [0.1, 0.15) is 17.2 Å². The lowest BCUT2D eigenvalue weighted by Crippen LogP contribution is -2.45. The predicted molar refractivity (Wildman–Crippen MR) is 139 cm³/mol. The van der Waals surface area contributed by atoms with Crippen molar-refractivity contribution in [3.8, 4) is 0 Å². The van der Waals surface area contributed by atoms with Crippen molar-refractivity contribution >= 4 is 56.2 Å². The van der Waals surface area contributed by atoms with E-state index < -0.39 is 23.1 Å². The van der Waals surface area contributed by atoms with Gasteiger partial charge in [-0.2, -0.15) is 0 Å². The lowest BCUT2D eigenvalue weighted by atomic mass is 9.83. The third-order valence-electron chi connectivity index (χ3n) is 7.17. The normalized spacial score (nSPS) is 16.1. The van der Waals surface area contributed by atoms with E-state index in [0.29, 0.717) is 53.5 Å². The van der Waals surface area contributed by atoms with Gasteiger partial charge in [-0.05, 0) is 36.4 Å². The van der Waals surface area contributed by atoms with Gasteiger partial charge in [0, 0.05) is 64.2 Å². The lowest BCUT2D eigenvalue weighted by Gasteiger charge is -2.38. The Morgan fingerprint density at radius 2 is 1.66 bits per heavy atom. The molecule has 3 aromatic carbocycles. The van der Waals surface area contributed by atoms with Crippen molar-refractivity contribution in [2.45, 2.75) is 18.4 Å². The van der Waals surface area contributed by atoms with Crippen molar-refractivity contribution in [2.24, 2.45) is 0 Å². The number of fused-ring (bicyclic) bond motifs is 3. The zero-order valence-electron chi connectivity index (χ0n) is 19.6. The maximum Gasteiger partial charge on any atom is 0.339 e. The first-order chi connectivity index (χ1) is 18.1. The molecule has 1 aromatic heterocycles. The Kier molecular flexibility index (Phi) is 5.88. The number of esters is 1. The molecule has 2 aliphatic heterocycles. The van der Waals surface area contributed by atoms with E-state index in [4.69, 9.17) is 16.3 Å². The number of hydrogen-bond acceptors (Lipinski definition) is 4. The number of hydrogen-bond donors (Lipinski definition) is 0. The van der Waals surface area contributed by atoms with Gasteiger partial charge in [-0.3, -0.25) is 14.2 Å². The highest BCUT2D eigenvalue weighted by atomic mass is 79.9. The zero-order valence-corrected chi connectivity index (χ0v) is 22.0. The molecule has 0 saturated carbocycles. The van der Waals surface area contributed by atoms with Gasteiger partial charge in [0.05, 0.1) is 16.6 Å². The van der Waals surface area contributed by atoms with Crippen molar-refractivity contribution in [3.05, 3.63) is 104 Å². The number of ether oxygens (including phenoxy) is 1. The van der Waals surface area contributed by atoms with Gasteiger partial charge in [0.2, 0.25) is 0 Å². The Balaban J connectivity index is 1.32. The number of aromatic nitrogens is 1. The van der Waals surface area contributed by atoms with Crippen LogP contribution < -0.4 is 0 Å². The fourth-order valence-electron chi connectivity index (χ4n) is 5.34. The number of carbonyl (C=O) groups excluding carboxylic acids is 3. The summed E-state index contributed by atoms with van der Waals surface area (Å²) in [4.78, 5) is 41.1. The van der Waals surface area contributed by atoms with E-state index >= 15 is 0 Å². The molecule has 2 aliphatic rings. The number of piperidine rings is 1. The molecule has 1 spiro atoms. The van der Waals surface area contributed by atoms with Gasteiger partial charge >= 0.3 is 5.97 Å². The van der Waals surface area contributed by atoms with E-state index in [2.05, 4.69) is 15.9 Å². The molecular weight excluding hydrogens is 582 g/mol. The third-order valence-corrected chi connectivity index (χ3v) is 7.89. The monoisotopic (exact) mass is 598 g/mol. The SMILES string of the molecule is O=C1OC2(CCN(C(=O)c3cn(C(=O)c4cc(F)cc(F)c4)c4cc(Cl)ccc34)CC2)c2ccc(Br)cc21. The highest BCUT2D eigenvalue weighted by Gasteiger charge is 2.48. The lowest BCUT2D eigenvalue weighted by molar-refractivity contribution is -0.0389. The Hall–Kier alpha value is -3.56. The van der Waals surface area contributed by atoms with E-state index in [1.807, 2.05) is 12.1 Å². The first kappa shape index (κ1) is 24.8. The fraction of sp³-hybridized carbons (Fsp3) is 0.179. The van der Waals surface area contributed by atoms with Crippen molar-refractivity contribution in [1.29, 1.82) is 0 Å². The molecule has 0 atom stereocenters. The molecule has 4 aromatic rings. The minimum Gasteiger partial charge on any atom is -0.450 e. The van der Waals surface area contributed by atoms with Gasteiger partial charge in [0.15, 0.2) is 0 Å². The van der Waals surface area contributed by atoms with Crippen molar-refractivity contribution in [3.63, 3.8) is 0 Å². The van der Waals surface area contributed by atoms with Crippen LogP contribution >= 0.6 is 27.5 Å². The highest BCUT2D eigenvalue weighted by Crippen LogP contribution is 2.45. The van der Waals surface area contributed by atoms with Gasteiger partial charge in [-0.1, -0.05) is 39.7 Å². The van der Waals surface area contributed by atoms with Crippen LogP contribution in [0, 0.1) is 11.6 Å². The minimum atomic E-state index is -0.886. The van der Waals surface area contributed by atoms with Gasteiger partial charge < -0.3 is 9.64 Å². The third kappa shape index (κ3) is 4.01. The van der Waals surface area contributed by atoms with Crippen molar-refractivity contribution in [1.82, 2.24) is 9.47 Å². The van der Waals surface area contributed by atoms with Crippen LogP contribution in [0.1, 0.15) is 49.5 Å². The number of halogens is 4. The van der Waals surface area contributed by atoms with Crippen LogP contribution in [0.4, 0.5) is 8.78 Å². The van der Waals surface area contributed by atoms with E-state index in [1.165, 1.54) is 16.8 Å². The van der Waals surface area contributed by atoms with E-state index in [1.54, 1.807) is 23.1 Å². The first-order valence-electron chi connectivity index (χ1n) is 11.8. The number of amides is 1. The summed E-state index contributed by atoms with van der Waals surface area (Å²) in [5.41, 5.74) is 0.942. The smallest absolute Gasteiger partial charge is 0.339 e. The summed E-state index contributed by atoms with van der Waals surface area (Å²) >= 11 is 9.56. The predicted octanol–water partition coefficient (Wildman–Crippen LogP) is 6.33. The molecule has 3 heterocycles. The van der Waals surface area contributed by atoms with Crippen molar-refractivity contribution in [2.75, 3.05) is 13.1 Å². The van der Waals surface area contributed by atoms with E-state index in [9.17, 15) is 23.2 Å². The number of benzene rings is 3. The standard InChI is InChI=1S/C28H18BrClF2N2O4/c29-16-1-4-23-21(11-16)27(37)38-28(23)5-7-33(8-6-28)26(36)22-14-34(24-12-17(30)2-3-20(22)24)25(35)15-9-18(31)13-19(32)10-15/h1-4,9-14H,5-8H2. The molecule has 6 nitrogen and oxygen atoms in total. The van der Waals surface area contributed by atoms with E-state index in [-0.39, 0.29) is 23.0 Å². The number of likely N-dealkylation sites (tertiary alicyclic amines) is 1. The second-order valence-electron chi connectivity index (χ2n) is 9.40. The summed E-state index contributed by atoms with van der Waals surface area (Å²) in [6.45, 7) is 0.649. The van der Waals surface area contributed by atoms with Gasteiger partial charge in [-0.25, -0.2) is 13.6 Å². The molecule has 10 heteroatoms. The zero-order chi connectivity index (χ0) is 26.8. The average molecular weight is 600 g/mol. The summed E-state index contributed by atoms with van der Waals surface area (Å²) in [5.74, 6) is -3.17. The average Bonchev–Trinajstić information content (AvgIpc) is 3.37. The highest BCUT2D eigenvalue weighted by molar-refractivity contribution is 9.10. The molecule has 1 fully saturated rings. The fourth-order valence-corrected chi connectivity index (χ4v) is 5.87. The molecule has 6 rings (SSSR count). The molecule has 0 bridgehead atoms. The van der Waals surface area contributed by atoms with Crippen LogP contribution in [-0.2, 0) is 10.3 Å². The Morgan fingerprint density at radius 1 is 0.947 bits per heavy atom. The van der Waals surface area contributed by atoms with Gasteiger partial charge in [-0.15, -0.1) is 0 Å². The van der Waals surface area contributed by atoms with Crippen LogP contribution in [0.15, 0.2) is 65.3 Å². The summed E-state index contributed by atoms with van der Waals surface area (Å²) in [6, 6.07) is 12.8. The van der Waals surface area contributed by atoms with Crippen LogP contribution in [0.3, 0.4) is 0 Å². The minimum absolute atomic E-state index is 0.202. The molecule has 192 valence electrons. The summed E-state index contributed by atoms with van der Waals surface area (Å²) in [7, 11) is 0. The molecule has 38 heavy (non-hydrogen) atoms. The molecule has 0 aliphatic carbocycles. The number of nitrogens with zero attached hydrogens (tertiary/aromatic N) is 2. The Bertz CT molecular complexity index is 1660. The first-order valence-corrected chi connectivity index (χ1v) is 13.0. The van der Waals surface area contributed by atoms with Crippen molar-refractivity contribution < 1.29 is 27.9 Å². The summed E-state index contributed by atoms with van der Waals surface area (Å²) < 4.78 is 35.4. The second-order valence-corrected chi connectivity index (χ2v) is 10.8. The van der Waals surface area contributed by atoms with Crippen LogP contribution in [0.25, 0.3) is 10.9 Å². The summed E-state index contributed by atoms with van der Waals surface area (Å²) in [5, 5.41) is 0.815. The second kappa shape index (κ2) is 9.03. The Morgan fingerprint density at radius 3 is 2.37 bits per heavy atom. The molecule has 0 N–H and O–H groups in total. The largest absolute Gasteiger partial charge is 0.450 e. The number of carbonyl (C=O) groups is 3. The molecule has 0 unspecified atom stereocenters. The molecule has 1 saturated heterocycles. The quantitative estimate of drug-likeness (QED) is 0.253. The van der Waals surface area contributed by atoms with Crippen LogP contribution in [-0.4, -0.2) is 40.3 Å². The van der Waals surface area contributed by atoms with Crippen LogP contribution in [0.5, 0.6) is 0 Å². The molecular formula is C28H18BrClF2N2O4. The van der Waals surface area contributed by atoms with Gasteiger partial charge in [0.25, 0.3) is 11.8 Å². The maximum absolute atomic E-state index is 13.8.